The zero-order valence-electron chi connectivity index (χ0n) is 15.5. The molecule has 1 aromatic carbocycles. The van der Waals surface area contributed by atoms with Crippen LogP contribution in [0.2, 0.25) is 0 Å². The van der Waals surface area contributed by atoms with Crippen LogP contribution in [0.4, 0.5) is 4.79 Å². The summed E-state index contributed by atoms with van der Waals surface area (Å²) in [6.45, 7) is 1.60. The Labute approximate surface area is 250 Å². The van der Waals surface area contributed by atoms with Crippen molar-refractivity contribution < 1.29 is 24.2 Å². The molecule has 0 saturated carbocycles. The largest absolute Gasteiger partial charge is 0.506 e. The molecular formula is C18H9Br8NO5. The van der Waals surface area contributed by atoms with E-state index in [1.807, 2.05) is 0 Å². The first-order chi connectivity index (χ1) is 14.8. The van der Waals surface area contributed by atoms with E-state index in [1.165, 1.54) is 0 Å². The molecule has 2 amide bonds. The SMILES string of the molecule is CC(CN1C(=O)c2c(Br)cc(Br)c(Br)c2C1=O)C1(OC(=O)O)C(Br)=C(Br)C(Br)=C(Br)C1Br. The molecule has 0 fully saturated rings. The lowest BCUT2D eigenvalue weighted by atomic mass is 9.82. The van der Waals surface area contributed by atoms with E-state index in [9.17, 15) is 19.5 Å². The maximum Gasteiger partial charge on any atom is 0.506 e. The highest BCUT2D eigenvalue weighted by atomic mass is 79.9. The van der Waals surface area contributed by atoms with E-state index < -0.39 is 34.3 Å². The van der Waals surface area contributed by atoms with Gasteiger partial charge in [-0.3, -0.25) is 14.5 Å². The third-order valence-electron chi connectivity index (χ3n) is 5.07. The average Bonchev–Trinajstić information content (AvgIpc) is 2.97. The van der Waals surface area contributed by atoms with E-state index >= 15 is 0 Å². The quantitative estimate of drug-likeness (QED) is 0.142. The van der Waals surface area contributed by atoms with Gasteiger partial charge < -0.3 is 9.84 Å². The van der Waals surface area contributed by atoms with Gasteiger partial charge in [0.25, 0.3) is 11.8 Å². The summed E-state index contributed by atoms with van der Waals surface area (Å²) in [5.74, 6) is -1.64. The van der Waals surface area contributed by atoms with Crippen LogP contribution in [0, 0.1) is 5.92 Å². The van der Waals surface area contributed by atoms with Gasteiger partial charge in [0.05, 0.1) is 20.4 Å². The van der Waals surface area contributed by atoms with Crippen LogP contribution in [-0.2, 0) is 4.74 Å². The molecule has 1 aliphatic carbocycles. The predicted molar refractivity (Wildman–Crippen MR) is 148 cm³/mol. The topological polar surface area (TPSA) is 83.9 Å². The third kappa shape index (κ3) is 4.34. The molecule has 1 aromatic rings. The van der Waals surface area contributed by atoms with Crippen molar-refractivity contribution in [3.8, 4) is 0 Å². The van der Waals surface area contributed by atoms with Gasteiger partial charge in [0.2, 0.25) is 0 Å². The standard InChI is InChI=1S/C18H9Br8NO5/c1-4(18(32-17(30)31)13(25)11(23)10(22)12(24)14(18)26)3-27-15(28)7-5(19)2-6(20)9(21)8(7)16(27)29/h2,4,13H,3H2,1H3,(H,30,31). The van der Waals surface area contributed by atoms with Crippen molar-refractivity contribution in [1.82, 2.24) is 4.90 Å². The molecule has 2 aliphatic rings. The molecule has 3 rings (SSSR count). The van der Waals surface area contributed by atoms with Crippen molar-refractivity contribution in [1.29, 1.82) is 0 Å². The van der Waals surface area contributed by atoms with E-state index in [0.717, 1.165) is 4.90 Å². The first-order valence-corrected chi connectivity index (χ1v) is 14.9. The lowest BCUT2D eigenvalue weighted by molar-refractivity contribution is -0.0227. The van der Waals surface area contributed by atoms with Gasteiger partial charge in [-0.1, -0.05) is 38.8 Å². The highest BCUT2D eigenvalue weighted by Crippen LogP contribution is 2.55. The van der Waals surface area contributed by atoms with Crippen molar-refractivity contribution in [3.05, 3.63) is 48.5 Å². The first-order valence-electron chi connectivity index (χ1n) is 8.48. The van der Waals surface area contributed by atoms with Gasteiger partial charge in [0.1, 0.15) is 0 Å². The maximum absolute atomic E-state index is 13.2. The minimum absolute atomic E-state index is 0.106. The number of allylic oxidation sites excluding steroid dienone is 2. The molecular weight excluding hydrogens is 949 g/mol. The summed E-state index contributed by atoms with van der Waals surface area (Å²) < 4.78 is 9.20. The molecule has 6 nitrogen and oxygen atoms in total. The maximum atomic E-state index is 13.2. The van der Waals surface area contributed by atoms with Crippen LogP contribution in [0.5, 0.6) is 0 Å². The van der Waals surface area contributed by atoms with Crippen molar-refractivity contribution in [2.75, 3.05) is 6.54 Å². The number of benzene rings is 1. The number of rotatable bonds is 4. The second kappa shape index (κ2) is 10.1. The molecule has 0 spiro atoms. The number of carbonyl (C=O) groups excluding carboxylic acids is 2. The predicted octanol–water partition coefficient (Wildman–Crippen LogP) is 8.42. The Balaban J connectivity index is 2.08. The Morgan fingerprint density at radius 2 is 1.62 bits per heavy atom. The Kier molecular flexibility index (Phi) is 8.72. The molecule has 3 unspecified atom stereocenters. The number of nitrogens with zero attached hydrogens (tertiary/aromatic N) is 1. The monoisotopic (exact) mass is 950 g/mol. The molecule has 0 bridgehead atoms. The number of ether oxygens (including phenoxy) is 1. The minimum Gasteiger partial charge on any atom is -0.450 e. The molecule has 3 atom stereocenters. The number of halogens is 8. The molecule has 14 heteroatoms. The fraction of sp³-hybridized carbons (Fsp3) is 0.278. The smallest absolute Gasteiger partial charge is 0.450 e. The summed E-state index contributed by atoms with van der Waals surface area (Å²) in [5, 5.41) is 9.55. The Morgan fingerprint density at radius 3 is 2.19 bits per heavy atom. The number of imide groups is 1. The lowest BCUT2D eigenvalue weighted by Crippen LogP contribution is -2.54. The first kappa shape index (κ1) is 27.5. The van der Waals surface area contributed by atoms with E-state index in [4.69, 9.17) is 4.74 Å². The number of carbonyl (C=O) groups is 3. The average molecular weight is 959 g/mol. The highest BCUT2D eigenvalue weighted by molar-refractivity contribution is 9.17. The zero-order valence-corrected chi connectivity index (χ0v) is 28.2. The molecule has 0 radical (unpaired) electrons. The summed E-state index contributed by atoms with van der Waals surface area (Å²) in [6, 6.07) is 1.68. The summed E-state index contributed by atoms with van der Waals surface area (Å²) in [5.41, 5.74) is -1.02. The summed E-state index contributed by atoms with van der Waals surface area (Å²) in [6.07, 6.45) is -1.51. The van der Waals surface area contributed by atoms with E-state index in [2.05, 4.69) is 127 Å². The van der Waals surface area contributed by atoms with Crippen LogP contribution >= 0.6 is 127 Å². The number of hydrogen-bond donors (Lipinski definition) is 1. The molecule has 32 heavy (non-hydrogen) atoms. The molecule has 1 N–H and O–H groups in total. The van der Waals surface area contributed by atoms with Crippen molar-refractivity contribution in [2.24, 2.45) is 5.92 Å². The van der Waals surface area contributed by atoms with Gasteiger partial charge in [-0.2, -0.15) is 0 Å². The van der Waals surface area contributed by atoms with Gasteiger partial charge >= 0.3 is 6.16 Å². The Hall–Kier alpha value is 0.950. The van der Waals surface area contributed by atoms with Crippen LogP contribution in [0.1, 0.15) is 27.6 Å². The molecule has 0 saturated heterocycles. The number of fused-ring (bicyclic) bond motifs is 1. The lowest BCUT2D eigenvalue weighted by Gasteiger charge is -2.44. The number of carboxylic acid groups (broad SMARTS) is 1. The van der Waals surface area contributed by atoms with Crippen molar-refractivity contribution in [3.63, 3.8) is 0 Å². The van der Waals surface area contributed by atoms with Gasteiger partial charge in [0, 0.05) is 39.3 Å². The Bertz CT molecular complexity index is 1130. The number of amides is 2. The fourth-order valence-electron chi connectivity index (χ4n) is 3.53. The normalized spacial score (nSPS) is 24.3. The fourth-order valence-corrected chi connectivity index (χ4v) is 9.88. The molecule has 172 valence electrons. The van der Waals surface area contributed by atoms with Crippen molar-refractivity contribution in [2.45, 2.75) is 17.4 Å². The van der Waals surface area contributed by atoms with Gasteiger partial charge in [-0.15, -0.1) is 0 Å². The third-order valence-corrected chi connectivity index (χ3v) is 14.5. The number of alkyl halides is 1. The second-order valence-corrected chi connectivity index (χ2v) is 13.5. The summed E-state index contributed by atoms with van der Waals surface area (Å²) in [7, 11) is 0. The van der Waals surface area contributed by atoms with E-state index in [0.29, 0.717) is 31.3 Å². The van der Waals surface area contributed by atoms with Gasteiger partial charge in [0.15, 0.2) is 5.60 Å². The van der Waals surface area contributed by atoms with Crippen LogP contribution in [-0.4, -0.2) is 44.9 Å². The van der Waals surface area contributed by atoms with E-state index in [-0.39, 0.29) is 17.7 Å². The Morgan fingerprint density at radius 1 is 1.06 bits per heavy atom. The second-order valence-electron chi connectivity index (χ2n) is 6.84. The summed E-state index contributed by atoms with van der Waals surface area (Å²) in [4.78, 5) is 38.6. The van der Waals surface area contributed by atoms with E-state index in [1.54, 1.807) is 13.0 Å². The van der Waals surface area contributed by atoms with Gasteiger partial charge in [-0.05, 0) is 102 Å². The molecule has 1 heterocycles. The van der Waals surface area contributed by atoms with Crippen molar-refractivity contribution >= 4 is 145 Å². The van der Waals surface area contributed by atoms with Crippen LogP contribution in [0.15, 0.2) is 37.4 Å². The van der Waals surface area contributed by atoms with Gasteiger partial charge in [-0.25, -0.2) is 4.79 Å². The van der Waals surface area contributed by atoms with Crippen LogP contribution < -0.4 is 0 Å². The molecule has 1 aliphatic heterocycles. The number of hydrogen-bond acceptors (Lipinski definition) is 4. The minimum atomic E-state index is -1.51. The summed E-state index contributed by atoms with van der Waals surface area (Å²) >= 11 is 27.5. The molecule has 0 aromatic heterocycles. The van der Waals surface area contributed by atoms with Crippen LogP contribution in [0.25, 0.3) is 0 Å². The van der Waals surface area contributed by atoms with Crippen LogP contribution in [0.3, 0.4) is 0 Å². The zero-order chi connectivity index (χ0) is 24.3. The highest BCUT2D eigenvalue weighted by Gasteiger charge is 2.55.